The Bertz CT molecular complexity index is 1190. The molecular formula is C28H34N4O5. The van der Waals surface area contributed by atoms with Crippen LogP contribution in [0.1, 0.15) is 47.3 Å². The molecule has 3 aromatic rings. The van der Waals surface area contributed by atoms with Crippen molar-refractivity contribution in [3.8, 4) is 0 Å². The van der Waals surface area contributed by atoms with Crippen molar-refractivity contribution >= 4 is 11.9 Å². The van der Waals surface area contributed by atoms with E-state index in [1.807, 2.05) is 60.7 Å². The predicted octanol–water partition coefficient (Wildman–Crippen LogP) is 2.47. The maximum absolute atomic E-state index is 13.4. The number of amides is 1. The van der Waals surface area contributed by atoms with Gasteiger partial charge in [-0.1, -0.05) is 60.7 Å². The number of benzene rings is 2. The van der Waals surface area contributed by atoms with Gasteiger partial charge in [-0.2, -0.15) is 0 Å². The average Bonchev–Trinajstić information content (AvgIpc) is 2.93. The number of nitrogens with zero attached hydrogens (tertiary/aromatic N) is 1. The van der Waals surface area contributed by atoms with Crippen LogP contribution in [0.15, 0.2) is 95.7 Å². The molecule has 2 aromatic carbocycles. The summed E-state index contributed by atoms with van der Waals surface area (Å²) >= 11 is 0. The maximum Gasteiger partial charge on any atom is 0.326 e. The van der Waals surface area contributed by atoms with Crippen LogP contribution in [0.3, 0.4) is 0 Å². The minimum atomic E-state index is -1.17. The second-order valence-electron chi connectivity index (χ2n) is 8.04. The number of hydrogen-bond donors (Lipinski definition) is 5. The summed E-state index contributed by atoms with van der Waals surface area (Å²) in [7, 11) is 1.00. The van der Waals surface area contributed by atoms with Crippen LogP contribution >= 0.6 is 0 Å². The van der Waals surface area contributed by atoms with Gasteiger partial charge >= 0.3 is 5.97 Å². The van der Waals surface area contributed by atoms with E-state index >= 15 is 0 Å². The van der Waals surface area contributed by atoms with Gasteiger partial charge in [0.05, 0.1) is 11.9 Å². The Hall–Kier alpha value is -4.37. The zero-order valence-corrected chi connectivity index (χ0v) is 21.0. The Morgan fingerprint density at radius 2 is 1.54 bits per heavy atom. The molecule has 0 spiro atoms. The highest BCUT2D eigenvalue weighted by molar-refractivity contribution is 5.96. The summed E-state index contributed by atoms with van der Waals surface area (Å²) in [4.78, 5) is 38.2. The lowest BCUT2D eigenvalue weighted by molar-refractivity contribution is -0.139. The number of allylic oxidation sites excluding steroid dienone is 1. The normalized spacial score (nSPS) is 11.7. The lowest BCUT2D eigenvalue weighted by Crippen LogP contribution is -2.43. The Kier molecular flexibility index (Phi) is 11.6. The molecule has 1 atom stereocenters. The number of carboxylic acids is 1. The summed E-state index contributed by atoms with van der Waals surface area (Å²) in [5.41, 5.74) is 6.82. The molecule has 1 amide bonds. The Morgan fingerprint density at radius 1 is 0.973 bits per heavy atom. The molecule has 0 aliphatic carbocycles. The summed E-state index contributed by atoms with van der Waals surface area (Å²) < 4.78 is 1.50. The summed E-state index contributed by atoms with van der Waals surface area (Å²) in [5.74, 6) is -1.39. The Morgan fingerprint density at radius 3 is 2.05 bits per heavy atom. The van der Waals surface area contributed by atoms with Crippen LogP contribution in [-0.2, 0) is 4.79 Å². The van der Waals surface area contributed by atoms with Crippen molar-refractivity contribution in [2.75, 3.05) is 13.7 Å². The topological polar surface area (TPSA) is 147 Å². The third-order valence-electron chi connectivity index (χ3n) is 5.64. The van der Waals surface area contributed by atoms with Crippen LogP contribution in [0.4, 0.5) is 0 Å². The van der Waals surface area contributed by atoms with Crippen molar-refractivity contribution in [3.63, 3.8) is 0 Å². The average molecular weight is 507 g/mol. The molecule has 9 nitrogen and oxygen atoms in total. The first kappa shape index (κ1) is 28.9. The minimum absolute atomic E-state index is 0.119. The van der Waals surface area contributed by atoms with E-state index in [0.717, 1.165) is 18.2 Å². The van der Waals surface area contributed by atoms with Gasteiger partial charge in [-0.05, 0) is 49.1 Å². The van der Waals surface area contributed by atoms with E-state index in [1.165, 1.54) is 10.6 Å². The number of nitrogens with two attached hydrogens (primary N) is 1. The number of hydrogen-bond acceptors (Lipinski definition) is 6. The number of carbonyl (C=O) groups excluding carboxylic acids is 1. The predicted molar refractivity (Wildman–Crippen MR) is 143 cm³/mol. The van der Waals surface area contributed by atoms with Gasteiger partial charge in [0, 0.05) is 19.9 Å². The first-order chi connectivity index (χ1) is 17.9. The number of aliphatic hydroxyl groups is 1. The molecule has 0 radical (unpaired) electrons. The lowest BCUT2D eigenvalue weighted by Gasteiger charge is -2.22. The van der Waals surface area contributed by atoms with E-state index < -0.39 is 29.5 Å². The summed E-state index contributed by atoms with van der Waals surface area (Å²) in [6.45, 7) is 2.25. The smallest absolute Gasteiger partial charge is 0.326 e. The SMILES string of the molecule is C/C=C(\N)NCCCC(NC(=O)c1cccn(C(c2ccccc2)c2ccccc2)c1=O)C(=O)O.CO. The number of aromatic nitrogens is 1. The zero-order chi connectivity index (χ0) is 27.2. The number of carboxylic acid groups (broad SMARTS) is 1. The molecule has 0 fully saturated rings. The van der Waals surface area contributed by atoms with E-state index in [1.54, 1.807) is 25.3 Å². The first-order valence-corrected chi connectivity index (χ1v) is 11.9. The number of rotatable bonds is 11. The standard InChI is InChI=1S/C27H30N4O4.CH4O/c1-2-23(28)29-17-9-16-22(27(34)35)30-25(32)21-15-10-18-31(26(21)33)24(19-11-5-3-6-12-19)20-13-7-4-8-14-20;1-2/h2-8,10-15,18,22,24,29H,9,16-17,28H2,1H3,(H,30,32)(H,34,35);2H,1H3/b23-2+;. The fourth-order valence-electron chi connectivity index (χ4n) is 3.80. The first-order valence-electron chi connectivity index (χ1n) is 11.9. The van der Waals surface area contributed by atoms with Crippen molar-refractivity contribution in [2.24, 2.45) is 5.73 Å². The van der Waals surface area contributed by atoms with Gasteiger partial charge in [0.15, 0.2) is 0 Å². The van der Waals surface area contributed by atoms with Gasteiger partial charge in [0.1, 0.15) is 11.6 Å². The second-order valence-corrected chi connectivity index (χ2v) is 8.04. The van der Waals surface area contributed by atoms with E-state index in [4.69, 9.17) is 10.8 Å². The molecule has 1 heterocycles. The Balaban J connectivity index is 0.00000235. The highest BCUT2D eigenvalue weighted by Crippen LogP contribution is 2.25. The summed E-state index contributed by atoms with van der Waals surface area (Å²) in [5, 5.41) is 22.0. The van der Waals surface area contributed by atoms with Crippen LogP contribution in [0.25, 0.3) is 0 Å². The van der Waals surface area contributed by atoms with Gasteiger partial charge < -0.3 is 31.1 Å². The maximum atomic E-state index is 13.4. The van der Waals surface area contributed by atoms with Crippen LogP contribution in [0, 0.1) is 0 Å². The number of aliphatic carboxylic acids is 1. The van der Waals surface area contributed by atoms with Crippen LogP contribution in [0.5, 0.6) is 0 Å². The van der Waals surface area contributed by atoms with Gasteiger partial charge in [0.2, 0.25) is 0 Å². The van der Waals surface area contributed by atoms with Crippen LogP contribution < -0.4 is 21.9 Å². The number of nitrogens with one attached hydrogen (secondary N) is 2. The molecule has 1 unspecified atom stereocenters. The third kappa shape index (κ3) is 8.08. The Labute approximate surface area is 216 Å². The van der Waals surface area contributed by atoms with Gasteiger partial charge in [-0.15, -0.1) is 0 Å². The molecule has 6 N–H and O–H groups in total. The number of aliphatic hydroxyl groups excluding tert-OH is 1. The fourth-order valence-corrected chi connectivity index (χ4v) is 3.80. The molecule has 196 valence electrons. The van der Waals surface area contributed by atoms with Crippen molar-refractivity contribution < 1.29 is 19.8 Å². The van der Waals surface area contributed by atoms with E-state index in [-0.39, 0.29) is 12.0 Å². The molecule has 0 aliphatic heterocycles. The molecule has 0 saturated heterocycles. The summed E-state index contributed by atoms with van der Waals surface area (Å²) in [6, 6.07) is 20.5. The van der Waals surface area contributed by atoms with Crippen LogP contribution in [-0.4, -0.2) is 46.4 Å². The molecule has 37 heavy (non-hydrogen) atoms. The largest absolute Gasteiger partial charge is 0.480 e. The zero-order valence-electron chi connectivity index (χ0n) is 21.0. The molecule has 3 rings (SSSR count). The molecule has 1 aromatic heterocycles. The molecule has 0 saturated carbocycles. The molecule has 9 heteroatoms. The van der Waals surface area contributed by atoms with Gasteiger partial charge in [-0.25, -0.2) is 4.79 Å². The van der Waals surface area contributed by atoms with E-state index in [0.29, 0.717) is 18.8 Å². The van der Waals surface area contributed by atoms with Crippen molar-refractivity contribution in [3.05, 3.63) is 118 Å². The number of pyridine rings is 1. The summed E-state index contributed by atoms with van der Waals surface area (Å²) in [6.07, 6.45) is 3.99. The van der Waals surface area contributed by atoms with Gasteiger partial charge in [0.25, 0.3) is 11.5 Å². The highest BCUT2D eigenvalue weighted by Gasteiger charge is 2.24. The van der Waals surface area contributed by atoms with Gasteiger partial charge in [-0.3, -0.25) is 9.59 Å². The monoisotopic (exact) mass is 506 g/mol. The molecule has 0 aliphatic rings. The fraction of sp³-hybridized carbons (Fsp3) is 0.250. The lowest BCUT2D eigenvalue weighted by atomic mass is 9.98. The minimum Gasteiger partial charge on any atom is -0.480 e. The third-order valence-corrected chi connectivity index (χ3v) is 5.64. The van der Waals surface area contributed by atoms with E-state index in [9.17, 15) is 19.5 Å². The van der Waals surface area contributed by atoms with E-state index in [2.05, 4.69) is 10.6 Å². The van der Waals surface area contributed by atoms with Crippen molar-refractivity contribution in [1.82, 2.24) is 15.2 Å². The highest BCUT2D eigenvalue weighted by atomic mass is 16.4. The molecule has 0 bridgehead atoms. The quantitative estimate of drug-likeness (QED) is 0.251. The van der Waals surface area contributed by atoms with Crippen molar-refractivity contribution in [1.29, 1.82) is 0 Å². The number of carbonyl (C=O) groups is 2. The second kappa shape index (κ2) is 14.9. The van der Waals surface area contributed by atoms with Crippen LogP contribution in [0.2, 0.25) is 0 Å². The molecular weight excluding hydrogens is 472 g/mol. The van der Waals surface area contributed by atoms with Crippen molar-refractivity contribution in [2.45, 2.75) is 31.8 Å².